The number of nitrogens with zero attached hydrogens (tertiary/aromatic N) is 3. The predicted molar refractivity (Wildman–Crippen MR) is 79.7 cm³/mol. The highest BCUT2D eigenvalue weighted by Gasteiger charge is 2.15. The first kappa shape index (κ1) is 15.5. The Bertz CT molecular complexity index is 638. The van der Waals surface area contributed by atoms with Crippen LogP contribution in [0.5, 0.6) is 0 Å². The molecule has 0 aromatic carbocycles. The number of amides is 1. The number of anilines is 1. The fourth-order valence-corrected chi connectivity index (χ4v) is 2.88. The topological polar surface area (TPSA) is 94.1 Å². The number of carbonyl (C=O) groups excluding carboxylic acids is 2. The van der Waals surface area contributed by atoms with Crippen molar-refractivity contribution in [1.29, 1.82) is 0 Å². The Hall–Kier alpha value is -1.87. The van der Waals surface area contributed by atoms with E-state index in [1.807, 2.05) is 5.38 Å². The minimum absolute atomic E-state index is 0.230. The molecule has 0 saturated carbocycles. The van der Waals surface area contributed by atoms with Crippen molar-refractivity contribution in [2.24, 2.45) is 0 Å². The van der Waals surface area contributed by atoms with Crippen LogP contribution >= 0.6 is 22.9 Å². The number of rotatable bonds is 6. The van der Waals surface area contributed by atoms with E-state index in [-0.39, 0.29) is 11.9 Å². The van der Waals surface area contributed by atoms with Gasteiger partial charge in [-0.15, -0.1) is 16.4 Å². The summed E-state index contributed by atoms with van der Waals surface area (Å²) < 4.78 is 8.30. The normalized spacial score (nSPS) is 10.4. The Kier molecular flexibility index (Phi) is 5.34. The van der Waals surface area contributed by atoms with Crippen LogP contribution in [0.3, 0.4) is 0 Å². The molecular formula is C12H14N4O3S2. The number of aromatic nitrogens is 3. The van der Waals surface area contributed by atoms with Crippen LogP contribution in [0.2, 0.25) is 0 Å². The summed E-state index contributed by atoms with van der Waals surface area (Å²) in [7, 11) is 1.37. The van der Waals surface area contributed by atoms with Crippen molar-refractivity contribution in [2.75, 3.05) is 12.4 Å². The van der Waals surface area contributed by atoms with Gasteiger partial charge in [0.05, 0.1) is 18.5 Å². The van der Waals surface area contributed by atoms with E-state index in [4.69, 9.17) is 0 Å². The molecule has 2 rings (SSSR count). The molecule has 0 saturated heterocycles. The van der Waals surface area contributed by atoms with Gasteiger partial charge in [0.15, 0.2) is 5.13 Å². The Morgan fingerprint density at radius 1 is 1.43 bits per heavy atom. The van der Waals surface area contributed by atoms with Gasteiger partial charge in [0.2, 0.25) is 0 Å². The summed E-state index contributed by atoms with van der Waals surface area (Å²) in [5.74, 6) is -0.482. The molecule has 9 heteroatoms. The Morgan fingerprint density at radius 2 is 2.24 bits per heavy atom. The van der Waals surface area contributed by atoms with Crippen LogP contribution in [-0.4, -0.2) is 33.6 Å². The maximum absolute atomic E-state index is 12.0. The monoisotopic (exact) mass is 326 g/mol. The largest absolute Gasteiger partial charge is 0.469 e. The van der Waals surface area contributed by atoms with E-state index in [1.165, 1.54) is 18.4 Å². The third kappa shape index (κ3) is 4.30. The van der Waals surface area contributed by atoms with Crippen molar-refractivity contribution < 1.29 is 14.3 Å². The molecule has 21 heavy (non-hydrogen) atoms. The lowest BCUT2D eigenvalue weighted by Crippen LogP contribution is -2.11. The second-order valence-electron chi connectivity index (χ2n) is 4.22. The van der Waals surface area contributed by atoms with E-state index in [1.54, 1.807) is 6.92 Å². The van der Waals surface area contributed by atoms with E-state index in [0.717, 1.165) is 17.2 Å². The number of esters is 1. The van der Waals surface area contributed by atoms with Crippen molar-refractivity contribution in [1.82, 2.24) is 14.6 Å². The van der Waals surface area contributed by atoms with Crippen molar-refractivity contribution >= 4 is 39.9 Å². The van der Waals surface area contributed by atoms with Gasteiger partial charge in [0, 0.05) is 11.8 Å². The lowest BCUT2D eigenvalue weighted by Gasteiger charge is -1.99. The van der Waals surface area contributed by atoms with Crippen molar-refractivity contribution in [3.63, 3.8) is 0 Å². The van der Waals surface area contributed by atoms with Gasteiger partial charge in [-0.3, -0.25) is 14.9 Å². The lowest BCUT2D eigenvalue weighted by molar-refractivity contribution is -0.140. The minimum Gasteiger partial charge on any atom is -0.469 e. The van der Waals surface area contributed by atoms with Crippen LogP contribution < -0.4 is 5.32 Å². The zero-order chi connectivity index (χ0) is 15.2. The first-order valence-corrected chi connectivity index (χ1v) is 7.87. The molecule has 1 amide bonds. The molecule has 0 radical (unpaired) electrons. The van der Waals surface area contributed by atoms with E-state index < -0.39 is 0 Å². The molecule has 7 nitrogen and oxygen atoms in total. The van der Waals surface area contributed by atoms with Gasteiger partial charge < -0.3 is 4.74 Å². The number of carbonyl (C=O) groups is 2. The second kappa shape index (κ2) is 7.23. The van der Waals surface area contributed by atoms with Crippen LogP contribution in [0.4, 0.5) is 5.13 Å². The molecule has 0 aliphatic carbocycles. The molecule has 0 aliphatic rings. The Labute approximate surface area is 129 Å². The van der Waals surface area contributed by atoms with Crippen LogP contribution in [-0.2, 0) is 16.0 Å². The zero-order valence-electron chi connectivity index (χ0n) is 11.6. The van der Waals surface area contributed by atoms with Crippen molar-refractivity contribution in [2.45, 2.75) is 26.2 Å². The molecular weight excluding hydrogens is 312 g/mol. The van der Waals surface area contributed by atoms with E-state index in [0.29, 0.717) is 35.0 Å². The summed E-state index contributed by atoms with van der Waals surface area (Å²) in [6, 6.07) is 0. The Balaban J connectivity index is 1.87. The SMILES string of the molecule is COC(=O)CCCc1csc(NC(=O)c2snnc2C)n1. The number of ether oxygens (including phenoxy) is 1. The summed E-state index contributed by atoms with van der Waals surface area (Å²) >= 11 is 2.41. The van der Waals surface area contributed by atoms with Gasteiger partial charge in [0.1, 0.15) is 4.88 Å². The lowest BCUT2D eigenvalue weighted by atomic mass is 10.2. The predicted octanol–water partition coefficient (Wildman–Crippen LogP) is 2.05. The smallest absolute Gasteiger partial charge is 0.305 e. The van der Waals surface area contributed by atoms with Gasteiger partial charge in [-0.05, 0) is 31.3 Å². The molecule has 2 aromatic heterocycles. The fourth-order valence-electron chi connectivity index (χ4n) is 1.59. The molecule has 2 aromatic rings. The van der Waals surface area contributed by atoms with Crippen LogP contribution in [0.15, 0.2) is 5.38 Å². The number of aryl methyl sites for hydroxylation is 2. The highest BCUT2D eigenvalue weighted by molar-refractivity contribution is 7.14. The third-order valence-electron chi connectivity index (χ3n) is 2.67. The molecule has 0 atom stereocenters. The highest BCUT2D eigenvalue weighted by atomic mass is 32.1. The first-order valence-electron chi connectivity index (χ1n) is 6.21. The van der Waals surface area contributed by atoms with Gasteiger partial charge >= 0.3 is 5.97 Å². The molecule has 0 fully saturated rings. The number of nitrogens with one attached hydrogen (secondary N) is 1. The van der Waals surface area contributed by atoms with Crippen LogP contribution in [0, 0.1) is 6.92 Å². The first-order chi connectivity index (χ1) is 10.1. The van der Waals surface area contributed by atoms with Gasteiger partial charge in [-0.1, -0.05) is 4.49 Å². The van der Waals surface area contributed by atoms with Gasteiger partial charge in [-0.25, -0.2) is 4.98 Å². The fraction of sp³-hybridized carbons (Fsp3) is 0.417. The molecule has 0 aliphatic heterocycles. The number of hydrogen-bond donors (Lipinski definition) is 1. The molecule has 0 spiro atoms. The van der Waals surface area contributed by atoms with Crippen LogP contribution in [0.1, 0.15) is 33.9 Å². The molecule has 112 valence electrons. The number of hydrogen-bond acceptors (Lipinski definition) is 8. The maximum atomic E-state index is 12.0. The average Bonchev–Trinajstić information content (AvgIpc) is 3.07. The summed E-state index contributed by atoms with van der Waals surface area (Å²) in [6.45, 7) is 1.73. The zero-order valence-corrected chi connectivity index (χ0v) is 13.2. The van der Waals surface area contributed by atoms with Gasteiger partial charge in [-0.2, -0.15) is 0 Å². The Morgan fingerprint density at radius 3 is 2.90 bits per heavy atom. The molecule has 2 heterocycles. The molecule has 1 N–H and O–H groups in total. The minimum atomic E-state index is -0.252. The summed E-state index contributed by atoms with van der Waals surface area (Å²) in [5.41, 5.74) is 1.45. The number of methoxy groups -OCH3 is 1. The standard InChI is InChI=1S/C12H14N4O3S2/c1-7-10(21-16-15-7)11(18)14-12-13-8(6-20-12)4-3-5-9(17)19-2/h6H,3-5H2,1-2H3,(H,13,14,18). The summed E-state index contributed by atoms with van der Waals surface area (Å²) in [4.78, 5) is 27.8. The van der Waals surface area contributed by atoms with E-state index in [2.05, 4.69) is 24.6 Å². The molecule has 0 unspecified atom stereocenters. The third-order valence-corrected chi connectivity index (χ3v) is 4.30. The van der Waals surface area contributed by atoms with Gasteiger partial charge in [0.25, 0.3) is 5.91 Å². The highest BCUT2D eigenvalue weighted by Crippen LogP contribution is 2.19. The van der Waals surface area contributed by atoms with Crippen molar-refractivity contribution in [3.8, 4) is 0 Å². The average molecular weight is 326 g/mol. The van der Waals surface area contributed by atoms with E-state index >= 15 is 0 Å². The summed E-state index contributed by atoms with van der Waals surface area (Å²) in [6.07, 6.45) is 1.70. The summed E-state index contributed by atoms with van der Waals surface area (Å²) in [5, 5.41) is 8.91. The van der Waals surface area contributed by atoms with Crippen molar-refractivity contribution in [3.05, 3.63) is 21.6 Å². The van der Waals surface area contributed by atoms with Crippen LogP contribution in [0.25, 0.3) is 0 Å². The number of thiazole rings is 1. The second-order valence-corrected chi connectivity index (χ2v) is 5.83. The molecule has 0 bridgehead atoms. The van der Waals surface area contributed by atoms with E-state index in [9.17, 15) is 9.59 Å². The quantitative estimate of drug-likeness (QED) is 0.817. The maximum Gasteiger partial charge on any atom is 0.305 e.